The lowest BCUT2D eigenvalue weighted by Crippen LogP contribution is -1.97. The van der Waals surface area contributed by atoms with Crippen LogP contribution in [-0.4, -0.2) is 4.98 Å². The highest BCUT2D eigenvalue weighted by Crippen LogP contribution is 2.20. The molecule has 1 rings (SSSR count). The van der Waals surface area contributed by atoms with Crippen molar-refractivity contribution < 1.29 is 0 Å². The van der Waals surface area contributed by atoms with E-state index in [4.69, 9.17) is 11.5 Å². The summed E-state index contributed by atoms with van der Waals surface area (Å²) in [6, 6.07) is 0. The molecule has 0 spiro atoms. The maximum absolute atomic E-state index is 5.54. The van der Waals surface area contributed by atoms with Gasteiger partial charge in [0.1, 0.15) is 0 Å². The van der Waals surface area contributed by atoms with Crippen LogP contribution in [0.25, 0.3) is 0 Å². The van der Waals surface area contributed by atoms with Gasteiger partial charge in [-0.2, -0.15) is 0 Å². The van der Waals surface area contributed by atoms with Gasteiger partial charge in [0, 0.05) is 11.4 Å². The van der Waals surface area contributed by atoms with Crippen molar-refractivity contribution in [2.45, 2.75) is 26.3 Å². The molecule has 1 aromatic rings. The quantitative estimate of drug-likeness (QED) is 0.716. The highest BCUT2D eigenvalue weighted by Gasteiger charge is 2.05. The smallest absolute Gasteiger partial charge is 0.180 e. The second-order valence-corrected chi connectivity index (χ2v) is 3.49. The summed E-state index contributed by atoms with van der Waals surface area (Å²) in [4.78, 5) is 5.32. The van der Waals surface area contributed by atoms with Crippen molar-refractivity contribution in [3.8, 4) is 0 Å². The minimum Gasteiger partial charge on any atom is -0.375 e. The van der Waals surface area contributed by atoms with Crippen LogP contribution < -0.4 is 11.5 Å². The molecule has 0 unspecified atom stereocenters. The summed E-state index contributed by atoms with van der Waals surface area (Å²) in [7, 11) is 0. The molecule has 4 N–H and O–H groups in total. The third-order valence-corrected chi connectivity index (χ3v) is 2.42. The number of aryl methyl sites for hydroxylation is 1. The van der Waals surface area contributed by atoms with E-state index in [2.05, 4.69) is 11.9 Å². The van der Waals surface area contributed by atoms with Gasteiger partial charge in [0.2, 0.25) is 0 Å². The first kappa shape index (κ1) is 8.49. The topological polar surface area (TPSA) is 64.9 Å². The van der Waals surface area contributed by atoms with E-state index in [1.807, 2.05) is 0 Å². The van der Waals surface area contributed by atoms with Crippen molar-refractivity contribution in [2.24, 2.45) is 5.73 Å². The van der Waals surface area contributed by atoms with Crippen LogP contribution >= 0.6 is 11.3 Å². The van der Waals surface area contributed by atoms with Crippen LogP contribution in [0.15, 0.2) is 0 Å². The number of anilines is 1. The molecule has 0 amide bonds. The lowest BCUT2D eigenvalue weighted by atomic mass is 10.2. The fourth-order valence-corrected chi connectivity index (χ4v) is 1.75. The molecule has 11 heavy (non-hydrogen) atoms. The lowest BCUT2D eigenvalue weighted by Gasteiger charge is -1.94. The second-order valence-electron chi connectivity index (χ2n) is 2.38. The number of hydrogen-bond acceptors (Lipinski definition) is 4. The summed E-state index contributed by atoms with van der Waals surface area (Å²) in [5, 5.41) is 0.633. The van der Waals surface area contributed by atoms with E-state index in [0.29, 0.717) is 11.7 Å². The molecule has 0 atom stereocenters. The Balaban J connectivity index is 2.83. The Labute approximate surface area is 70.4 Å². The van der Waals surface area contributed by atoms with Gasteiger partial charge in [-0.15, -0.1) is 11.3 Å². The molecule has 3 nitrogen and oxygen atoms in total. The minimum atomic E-state index is 0.560. The molecule has 0 saturated heterocycles. The number of aromatic nitrogens is 1. The largest absolute Gasteiger partial charge is 0.375 e. The predicted octanol–water partition coefficient (Wildman–Crippen LogP) is 1.14. The number of nitrogens with zero attached hydrogens (tertiary/aromatic N) is 1. The molecule has 0 aliphatic rings. The summed E-state index contributed by atoms with van der Waals surface area (Å²) in [5.41, 5.74) is 12.1. The van der Waals surface area contributed by atoms with Gasteiger partial charge in [-0.1, -0.05) is 13.3 Å². The molecule has 4 heteroatoms. The fourth-order valence-electron chi connectivity index (χ4n) is 0.995. The first-order valence-electron chi connectivity index (χ1n) is 3.72. The van der Waals surface area contributed by atoms with Gasteiger partial charge in [0.05, 0.1) is 5.69 Å². The van der Waals surface area contributed by atoms with Gasteiger partial charge in [-0.05, 0) is 6.42 Å². The Kier molecular flexibility index (Phi) is 2.84. The SMILES string of the molecule is CCCc1nc(N)sc1CN. The van der Waals surface area contributed by atoms with Crippen molar-refractivity contribution >= 4 is 16.5 Å². The molecule has 0 fully saturated rings. The van der Waals surface area contributed by atoms with Crippen LogP contribution in [0.5, 0.6) is 0 Å². The fraction of sp³-hybridized carbons (Fsp3) is 0.571. The van der Waals surface area contributed by atoms with E-state index >= 15 is 0 Å². The minimum absolute atomic E-state index is 0.560. The summed E-state index contributed by atoms with van der Waals surface area (Å²) in [6.07, 6.45) is 2.08. The number of rotatable bonds is 3. The van der Waals surface area contributed by atoms with Crippen LogP contribution in [0, 0.1) is 0 Å². The first-order chi connectivity index (χ1) is 5.27. The zero-order chi connectivity index (χ0) is 8.27. The van der Waals surface area contributed by atoms with E-state index in [-0.39, 0.29) is 0 Å². The summed E-state index contributed by atoms with van der Waals surface area (Å²) < 4.78 is 0. The third-order valence-electron chi connectivity index (χ3n) is 1.47. The Bertz CT molecular complexity index is 232. The van der Waals surface area contributed by atoms with Crippen molar-refractivity contribution in [3.63, 3.8) is 0 Å². The van der Waals surface area contributed by atoms with Gasteiger partial charge in [-0.25, -0.2) is 4.98 Å². The monoisotopic (exact) mass is 171 g/mol. The number of hydrogen-bond donors (Lipinski definition) is 2. The van der Waals surface area contributed by atoms with Gasteiger partial charge < -0.3 is 11.5 Å². The lowest BCUT2D eigenvalue weighted by molar-refractivity contribution is 0.872. The van der Waals surface area contributed by atoms with E-state index in [1.54, 1.807) is 0 Å². The summed E-state index contributed by atoms with van der Waals surface area (Å²) in [5.74, 6) is 0. The standard InChI is InChI=1S/C7H13N3S/c1-2-3-5-6(4-8)11-7(9)10-5/h2-4,8H2,1H3,(H2,9,10). The molecule has 1 heterocycles. The Morgan fingerprint density at radius 2 is 2.27 bits per heavy atom. The average molecular weight is 171 g/mol. The van der Waals surface area contributed by atoms with Gasteiger partial charge in [-0.3, -0.25) is 0 Å². The van der Waals surface area contributed by atoms with E-state index in [1.165, 1.54) is 11.3 Å². The van der Waals surface area contributed by atoms with E-state index in [9.17, 15) is 0 Å². The highest BCUT2D eigenvalue weighted by molar-refractivity contribution is 7.15. The Hall–Kier alpha value is -0.610. The number of thiazole rings is 1. The van der Waals surface area contributed by atoms with Crippen molar-refractivity contribution in [2.75, 3.05) is 5.73 Å². The van der Waals surface area contributed by atoms with Crippen LogP contribution in [0.1, 0.15) is 23.9 Å². The zero-order valence-corrected chi connectivity index (χ0v) is 7.45. The molecular formula is C7H13N3S. The maximum Gasteiger partial charge on any atom is 0.180 e. The van der Waals surface area contributed by atoms with Crippen molar-refractivity contribution in [1.82, 2.24) is 4.98 Å². The van der Waals surface area contributed by atoms with Crippen LogP contribution in [0.2, 0.25) is 0 Å². The van der Waals surface area contributed by atoms with Crippen LogP contribution in [-0.2, 0) is 13.0 Å². The molecule has 0 saturated carbocycles. The predicted molar refractivity (Wildman–Crippen MR) is 48.4 cm³/mol. The molecule has 0 aliphatic carbocycles. The van der Waals surface area contributed by atoms with E-state index < -0.39 is 0 Å². The second kappa shape index (κ2) is 3.69. The highest BCUT2D eigenvalue weighted by atomic mass is 32.1. The Morgan fingerprint density at radius 1 is 1.55 bits per heavy atom. The van der Waals surface area contributed by atoms with Crippen LogP contribution in [0.3, 0.4) is 0 Å². The molecular weight excluding hydrogens is 158 g/mol. The molecule has 0 bridgehead atoms. The van der Waals surface area contributed by atoms with Crippen molar-refractivity contribution in [3.05, 3.63) is 10.6 Å². The van der Waals surface area contributed by atoms with Gasteiger partial charge in [0.25, 0.3) is 0 Å². The first-order valence-corrected chi connectivity index (χ1v) is 4.53. The average Bonchev–Trinajstić information content (AvgIpc) is 2.32. The van der Waals surface area contributed by atoms with Crippen LogP contribution in [0.4, 0.5) is 5.13 Å². The molecule has 1 aromatic heterocycles. The molecule has 62 valence electrons. The van der Waals surface area contributed by atoms with E-state index in [0.717, 1.165) is 23.4 Å². The summed E-state index contributed by atoms with van der Waals surface area (Å²) in [6.45, 7) is 2.68. The number of nitrogen functional groups attached to an aromatic ring is 1. The zero-order valence-electron chi connectivity index (χ0n) is 6.63. The maximum atomic E-state index is 5.54. The van der Waals surface area contributed by atoms with Gasteiger partial charge in [0.15, 0.2) is 5.13 Å². The van der Waals surface area contributed by atoms with Crippen molar-refractivity contribution in [1.29, 1.82) is 0 Å². The third kappa shape index (κ3) is 1.91. The van der Waals surface area contributed by atoms with Gasteiger partial charge >= 0.3 is 0 Å². The Morgan fingerprint density at radius 3 is 2.82 bits per heavy atom. The molecule has 0 radical (unpaired) electrons. The normalized spacial score (nSPS) is 10.4. The summed E-state index contributed by atoms with van der Waals surface area (Å²) >= 11 is 1.50. The number of nitrogens with two attached hydrogens (primary N) is 2. The molecule has 0 aromatic carbocycles. The molecule has 0 aliphatic heterocycles.